The molecule has 0 radical (unpaired) electrons. The van der Waals surface area contributed by atoms with Crippen molar-refractivity contribution in [2.75, 3.05) is 13.1 Å². The molecule has 1 heterocycles. The van der Waals surface area contributed by atoms with E-state index in [0.29, 0.717) is 11.5 Å². The second-order valence-corrected chi connectivity index (χ2v) is 6.78. The summed E-state index contributed by atoms with van der Waals surface area (Å²) in [7, 11) is 0. The van der Waals surface area contributed by atoms with E-state index in [1.807, 2.05) is 17.0 Å². The number of benzene rings is 2. The molecule has 0 bridgehead atoms. The van der Waals surface area contributed by atoms with Gasteiger partial charge in [0.05, 0.1) is 6.61 Å². The quantitative estimate of drug-likeness (QED) is 0.898. The van der Waals surface area contributed by atoms with Crippen molar-refractivity contribution in [2.45, 2.75) is 32.3 Å². The maximum atomic E-state index is 13.0. The molecule has 1 N–H and O–H groups in total. The van der Waals surface area contributed by atoms with Crippen LogP contribution in [0, 0.1) is 11.7 Å². The molecule has 3 rings (SSSR count). The highest BCUT2D eigenvalue weighted by Gasteiger charge is 2.24. The number of carbonyl (C=O) groups is 1. The van der Waals surface area contributed by atoms with Gasteiger partial charge in [-0.15, -0.1) is 0 Å². The summed E-state index contributed by atoms with van der Waals surface area (Å²) >= 11 is 0. The summed E-state index contributed by atoms with van der Waals surface area (Å²) in [5.41, 5.74) is 2.63. The number of likely N-dealkylation sites (tertiary alicyclic amines) is 1. The van der Waals surface area contributed by atoms with Crippen LogP contribution >= 0.6 is 0 Å². The zero-order chi connectivity index (χ0) is 17.6. The van der Waals surface area contributed by atoms with E-state index in [1.165, 1.54) is 12.1 Å². The second kappa shape index (κ2) is 8.26. The van der Waals surface area contributed by atoms with Crippen molar-refractivity contribution < 1.29 is 14.3 Å². The molecule has 132 valence electrons. The minimum atomic E-state index is -0.203. The Morgan fingerprint density at radius 3 is 2.44 bits per heavy atom. The summed E-state index contributed by atoms with van der Waals surface area (Å²) in [5.74, 6) is 0.348. The van der Waals surface area contributed by atoms with Gasteiger partial charge in [-0.1, -0.05) is 24.3 Å². The summed E-state index contributed by atoms with van der Waals surface area (Å²) in [6.07, 6.45) is 4.08. The Kier molecular flexibility index (Phi) is 5.82. The number of aliphatic hydroxyl groups excluding tert-OH is 1. The predicted molar refractivity (Wildman–Crippen MR) is 95.7 cm³/mol. The molecule has 4 heteroatoms. The summed E-state index contributed by atoms with van der Waals surface area (Å²) in [4.78, 5) is 14.6. The molecule has 2 aromatic rings. The Morgan fingerprint density at radius 1 is 1.08 bits per heavy atom. The number of amides is 1. The summed E-state index contributed by atoms with van der Waals surface area (Å²) in [6.45, 7) is 1.57. The number of rotatable bonds is 5. The van der Waals surface area contributed by atoms with Crippen molar-refractivity contribution in [1.82, 2.24) is 4.90 Å². The van der Waals surface area contributed by atoms with Gasteiger partial charge in [0.25, 0.3) is 5.91 Å². The van der Waals surface area contributed by atoms with Crippen LogP contribution in [0.3, 0.4) is 0 Å². The number of aryl methyl sites for hydroxylation is 1. The molecule has 1 amide bonds. The number of carbonyl (C=O) groups excluding carboxylic acids is 1. The van der Waals surface area contributed by atoms with Gasteiger partial charge in [0.15, 0.2) is 0 Å². The number of aliphatic hydroxyl groups is 1. The van der Waals surface area contributed by atoms with Gasteiger partial charge >= 0.3 is 0 Å². The third kappa shape index (κ3) is 4.67. The first kappa shape index (κ1) is 17.6. The lowest BCUT2D eigenvalue weighted by Gasteiger charge is -2.33. The molecule has 1 aliphatic heterocycles. The normalized spacial score (nSPS) is 17.5. The van der Waals surface area contributed by atoms with Gasteiger partial charge in [0.1, 0.15) is 5.82 Å². The van der Waals surface area contributed by atoms with Gasteiger partial charge < -0.3 is 10.0 Å². The first-order valence-corrected chi connectivity index (χ1v) is 8.89. The van der Waals surface area contributed by atoms with Crippen molar-refractivity contribution in [3.63, 3.8) is 0 Å². The van der Waals surface area contributed by atoms with Crippen LogP contribution in [0.25, 0.3) is 0 Å². The van der Waals surface area contributed by atoms with Crippen molar-refractivity contribution >= 4 is 5.91 Å². The van der Waals surface area contributed by atoms with Crippen LogP contribution in [-0.2, 0) is 13.0 Å². The number of hydrogen-bond acceptors (Lipinski definition) is 2. The fraction of sp³-hybridized carbons (Fsp3) is 0.381. The Labute approximate surface area is 148 Å². The molecule has 1 saturated heterocycles. The van der Waals surface area contributed by atoms with E-state index in [-0.39, 0.29) is 18.3 Å². The maximum Gasteiger partial charge on any atom is 0.253 e. The van der Waals surface area contributed by atoms with E-state index in [1.54, 1.807) is 24.3 Å². The first-order valence-electron chi connectivity index (χ1n) is 8.89. The Balaban J connectivity index is 1.56. The van der Waals surface area contributed by atoms with E-state index in [9.17, 15) is 9.18 Å². The van der Waals surface area contributed by atoms with E-state index in [0.717, 1.165) is 49.9 Å². The van der Waals surface area contributed by atoms with E-state index < -0.39 is 0 Å². The Hall–Kier alpha value is -2.20. The number of nitrogens with zero attached hydrogens (tertiary/aromatic N) is 1. The molecular formula is C21H24FNO2. The van der Waals surface area contributed by atoms with Crippen LogP contribution in [0.2, 0.25) is 0 Å². The van der Waals surface area contributed by atoms with E-state index >= 15 is 0 Å². The van der Waals surface area contributed by atoms with Crippen LogP contribution in [-0.4, -0.2) is 29.0 Å². The average molecular weight is 341 g/mol. The minimum Gasteiger partial charge on any atom is -0.392 e. The van der Waals surface area contributed by atoms with Gasteiger partial charge in [-0.3, -0.25) is 4.79 Å². The lowest BCUT2D eigenvalue weighted by atomic mass is 9.91. The molecular weight excluding hydrogens is 317 g/mol. The van der Waals surface area contributed by atoms with Crippen molar-refractivity contribution in [1.29, 1.82) is 0 Å². The molecule has 1 atom stereocenters. The Bertz CT molecular complexity index is 697. The molecule has 0 aromatic heterocycles. The summed E-state index contributed by atoms with van der Waals surface area (Å²) in [6, 6.07) is 13.8. The standard InChI is InChI=1S/C21H24FNO2/c22-20-11-7-16(8-12-20)3-4-17-2-1-13-23(14-17)21(25)19-9-5-18(15-24)6-10-19/h5-12,17,24H,1-4,13-15H2. The van der Waals surface area contributed by atoms with Gasteiger partial charge in [-0.25, -0.2) is 4.39 Å². The van der Waals surface area contributed by atoms with Gasteiger partial charge in [-0.05, 0) is 67.0 Å². The third-order valence-electron chi connectivity index (χ3n) is 4.94. The highest BCUT2D eigenvalue weighted by Crippen LogP contribution is 2.23. The largest absolute Gasteiger partial charge is 0.392 e. The van der Waals surface area contributed by atoms with E-state index in [2.05, 4.69) is 0 Å². The van der Waals surface area contributed by atoms with Crippen molar-refractivity contribution in [2.24, 2.45) is 5.92 Å². The van der Waals surface area contributed by atoms with Crippen molar-refractivity contribution in [3.8, 4) is 0 Å². The zero-order valence-corrected chi connectivity index (χ0v) is 14.3. The maximum absolute atomic E-state index is 13.0. The molecule has 0 spiro atoms. The number of halogens is 1. The third-order valence-corrected chi connectivity index (χ3v) is 4.94. The topological polar surface area (TPSA) is 40.5 Å². The highest BCUT2D eigenvalue weighted by atomic mass is 19.1. The van der Waals surface area contributed by atoms with Crippen molar-refractivity contribution in [3.05, 3.63) is 71.0 Å². The summed E-state index contributed by atoms with van der Waals surface area (Å²) in [5, 5.41) is 9.10. The highest BCUT2D eigenvalue weighted by molar-refractivity contribution is 5.94. The van der Waals surface area contributed by atoms with Crippen LogP contribution in [0.1, 0.15) is 40.7 Å². The molecule has 1 fully saturated rings. The molecule has 0 saturated carbocycles. The number of piperidine rings is 1. The second-order valence-electron chi connectivity index (χ2n) is 6.78. The molecule has 1 unspecified atom stereocenters. The zero-order valence-electron chi connectivity index (χ0n) is 14.3. The predicted octanol–water partition coefficient (Wildman–Crippen LogP) is 3.80. The average Bonchev–Trinajstić information content (AvgIpc) is 2.67. The molecule has 2 aromatic carbocycles. The van der Waals surface area contributed by atoms with E-state index in [4.69, 9.17) is 5.11 Å². The smallest absolute Gasteiger partial charge is 0.253 e. The molecule has 3 nitrogen and oxygen atoms in total. The summed E-state index contributed by atoms with van der Waals surface area (Å²) < 4.78 is 13.0. The fourth-order valence-corrected chi connectivity index (χ4v) is 3.44. The van der Waals surface area contributed by atoms with Gasteiger partial charge in [-0.2, -0.15) is 0 Å². The lowest BCUT2D eigenvalue weighted by molar-refractivity contribution is 0.0668. The molecule has 25 heavy (non-hydrogen) atoms. The minimum absolute atomic E-state index is 0.0103. The monoisotopic (exact) mass is 341 g/mol. The van der Waals surface area contributed by atoms with Crippen LogP contribution in [0.4, 0.5) is 4.39 Å². The van der Waals surface area contributed by atoms with Crippen LogP contribution in [0.15, 0.2) is 48.5 Å². The number of hydrogen-bond donors (Lipinski definition) is 1. The SMILES string of the molecule is O=C(c1ccc(CO)cc1)N1CCCC(CCc2ccc(F)cc2)C1. The van der Waals surface area contributed by atoms with Gasteiger partial charge in [0, 0.05) is 18.7 Å². The fourth-order valence-electron chi connectivity index (χ4n) is 3.44. The first-order chi connectivity index (χ1) is 12.2. The molecule has 1 aliphatic rings. The van der Waals surface area contributed by atoms with Crippen LogP contribution in [0.5, 0.6) is 0 Å². The molecule has 0 aliphatic carbocycles. The Morgan fingerprint density at radius 2 is 1.76 bits per heavy atom. The van der Waals surface area contributed by atoms with Crippen LogP contribution < -0.4 is 0 Å². The lowest BCUT2D eigenvalue weighted by Crippen LogP contribution is -2.40. The van der Waals surface area contributed by atoms with Gasteiger partial charge in [0.2, 0.25) is 0 Å².